The zero-order valence-corrected chi connectivity index (χ0v) is 14.1. The summed E-state index contributed by atoms with van der Waals surface area (Å²) >= 11 is 5.85. The van der Waals surface area contributed by atoms with E-state index in [2.05, 4.69) is 5.32 Å². The van der Waals surface area contributed by atoms with Crippen LogP contribution in [0.5, 0.6) is 11.5 Å². The van der Waals surface area contributed by atoms with Gasteiger partial charge in [-0.05, 0) is 42.3 Å². The lowest BCUT2D eigenvalue weighted by Gasteiger charge is -2.14. The van der Waals surface area contributed by atoms with Gasteiger partial charge in [0.1, 0.15) is 0 Å². The van der Waals surface area contributed by atoms with E-state index in [0.717, 1.165) is 16.9 Å². The van der Waals surface area contributed by atoms with Gasteiger partial charge in [0.2, 0.25) is 0 Å². The zero-order valence-electron chi connectivity index (χ0n) is 13.4. The molecule has 1 unspecified atom stereocenters. The molecule has 0 saturated heterocycles. The van der Waals surface area contributed by atoms with Crippen molar-refractivity contribution in [2.75, 3.05) is 20.3 Å². The molecule has 0 spiro atoms. The number of aliphatic hydroxyl groups is 1. The molecule has 0 heterocycles. The first-order chi connectivity index (χ1) is 11.1. The first kappa shape index (κ1) is 17.6. The summed E-state index contributed by atoms with van der Waals surface area (Å²) in [7, 11) is 1.62. The fraction of sp³-hybridized carbons (Fsp3) is 0.333. The summed E-state index contributed by atoms with van der Waals surface area (Å²) < 4.78 is 10.8. The molecule has 5 heteroatoms. The fourth-order valence-corrected chi connectivity index (χ4v) is 2.38. The van der Waals surface area contributed by atoms with E-state index in [0.29, 0.717) is 30.5 Å². The molecule has 0 aliphatic carbocycles. The number of methoxy groups -OCH3 is 1. The minimum absolute atomic E-state index is 0.456. The SMILES string of the molecule is CCOc1ccc(CNCC(O)c2ccc(Cl)cc2)cc1OC. The normalized spacial score (nSPS) is 12.0. The van der Waals surface area contributed by atoms with Crippen LogP contribution in [-0.4, -0.2) is 25.4 Å². The van der Waals surface area contributed by atoms with E-state index in [4.69, 9.17) is 21.1 Å². The van der Waals surface area contributed by atoms with Crippen LogP contribution >= 0.6 is 11.6 Å². The number of hydrogen-bond donors (Lipinski definition) is 2. The zero-order chi connectivity index (χ0) is 16.7. The van der Waals surface area contributed by atoms with Gasteiger partial charge >= 0.3 is 0 Å². The maximum absolute atomic E-state index is 10.2. The maximum atomic E-state index is 10.2. The largest absolute Gasteiger partial charge is 0.493 e. The number of rotatable bonds is 8. The van der Waals surface area contributed by atoms with Crippen molar-refractivity contribution < 1.29 is 14.6 Å². The van der Waals surface area contributed by atoms with Crippen LogP contribution in [0.4, 0.5) is 0 Å². The van der Waals surface area contributed by atoms with E-state index < -0.39 is 6.10 Å². The van der Waals surface area contributed by atoms with Crippen molar-refractivity contribution in [3.05, 3.63) is 58.6 Å². The monoisotopic (exact) mass is 335 g/mol. The molecule has 0 fully saturated rings. The van der Waals surface area contributed by atoms with Gasteiger partial charge in [0.05, 0.1) is 19.8 Å². The molecule has 0 aliphatic heterocycles. The third-order valence-corrected chi connectivity index (χ3v) is 3.70. The van der Waals surface area contributed by atoms with E-state index in [1.54, 1.807) is 19.2 Å². The smallest absolute Gasteiger partial charge is 0.161 e. The van der Waals surface area contributed by atoms with Crippen LogP contribution in [-0.2, 0) is 6.54 Å². The van der Waals surface area contributed by atoms with Gasteiger partial charge in [-0.1, -0.05) is 29.8 Å². The highest BCUT2D eigenvalue weighted by Crippen LogP contribution is 2.28. The van der Waals surface area contributed by atoms with E-state index in [1.807, 2.05) is 37.3 Å². The van der Waals surface area contributed by atoms with Gasteiger partial charge in [-0.2, -0.15) is 0 Å². The third kappa shape index (κ3) is 5.13. The first-order valence-corrected chi connectivity index (χ1v) is 7.95. The Morgan fingerprint density at radius 1 is 1.13 bits per heavy atom. The van der Waals surface area contributed by atoms with Crippen molar-refractivity contribution >= 4 is 11.6 Å². The summed E-state index contributed by atoms with van der Waals surface area (Å²) in [6, 6.07) is 13.0. The molecule has 0 saturated carbocycles. The molecular weight excluding hydrogens is 314 g/mol. The van der Waals surface area contributed by atoms with Gasteiger partial charge in [0, 0.05) is 18.1 Å². The van der Waals surface area contributed by atoms with Crippen molar-refractivity contribution in [3.8, 4) is 11.5 Å². The Morgan fingerprint density at radius 2 is 1.87 bits per heavy atom. The second kappa shape index (κ2) is 8.77. The summed E-state index contributed by atoms with van der Waals surface area (Å²) in [4.78, 5) is 0. The molecule has 2 aromatic rings. The highest BCUT2D eigenvalue weighted by molar-refractivity contribution is 6.30. The average molecular weight is 336 g/mol. The Bertz CT molecular complexity index is 616. The predicted octanol–water partition coefficient (Wildman–Crippen LogP) is 3.57. The molecule has 4 nitrogen and oxygen atoms in total. The highest BCUT2D eigenvalue weighted by Gasteiger charge is 2.08. The topological polar surface area (TPSA) is 50.7 Å². The molecule has 1 atom stereocenters. The standard InChI is InChI=1S/C18H22ClNO3/c1-3-23-17-9-4-13(10-18(17)22-2)11-20-12-16(21)14-5-7-15(19)8-6-14/h4-10,16,20-21H,3,11-12H2,1-2H3. The molecule has 0 aromatic heterocycles. The van der Waals surface area contributed by atoms with Gasteiger partial charge in [-0.15, -0.1) is 0 Å². The lowest BCUT2D eigenvalue weighted by molar-refractivity contribution is 0.174. The summed E-state index contributed by atoms with van der Waals surface area (Å²) in [5.41, 5.74) is 1.90. The molecule has 0 bridgehead atoms. The summed E-state index contributed by atoms with van der Waals surface area (Å²) in [5.74, 6) is 1.45. The van der Waals surface area contributed by atoms with Crippen molar-refractivity contribution in [2.24, 2.45) is 0 Å². The predicted molar refractivity (Wildman–Crippen MR) is 92.3 cm³/mol. The number of halogens is 1. The number of hydrogen-bond acceptors (Lipinski definition) is 4. The van der Waals surface area contributed by atoms with Gasteiger partial charge in [-0.3, -0.25) is 0 Å². The molecule has 2 N–H and O–H groups in total. The minimum Gasteiger partial charge on any atom is -0.493 e. The molecular formula is C18H22ClNO3. The Hall–Kier alpha value is -1.75. The van der Waals surface area contributed by atoms with E-state index >= 15 is 0 Å². The average Bonchev–Trinajstić information content (AvgIpc) is 2.56. The van der Waals surface area contributed by atoms with Gasteiger partial charge in [-0.25, -0.2) is 0 Å². The highest BCUT2D eigenvalue weighted by atomic mass is 35.5. The second-order valence-corrected chi connectivity index (χ2v) is 5.55. The molecule has 0 radical (unpaired) electrons. The van der Waals surface area contributed by atoms with Crippen LogP contribution in [0.1, 0.15) is 24.2 Å². The van der Waals surface area contributed by atoms with Crippen molar-refractivity contribution in [2.45, 2.75) is 19.6 Å². The molecule has 0 aliphatic rings. The number of ether oxygens (including phenoxy) is 2. The fourth-order valence-electron chi connectivity index (χ4n) is 2.25. The number of nitrogens with one attached hydrogen (secondary N) is 1. The van der Waals surface area contributed by atoms with Crippen LogP contribution in [0, 0.1) is 0 Å². The third-order valence-electron chi connectivity index (χ3n) is 3.45. The summed E-state index contributed by atoms with van der Waals surface area (Å²) in [6.45, 7) is 3.62. The van der Waals surface area contributed by atoms with E-state index in [1.165, 1.54) is 0 Å². The summed E-state index contributed by atoms with van der Waals surface area (Å²) in [5, 5.41) is 14.1. The first-order valence-electron chi connectivity index (χ1n) is 7.58. The second-order valence-electron chi connectivity index (χ2n) is 5.12. The number of aliphatic hydroxyl groups excluding tert-OH is 1. The Balaban J connectivity index is 1.89. The molecule has 2 rings (SSSR count). The Labute approximate surface area is 142 Å². The Kier molecular flexibility index (Phi) is 6.71. The lowest BCUT2D eigenvalue weighted by atomic mass is 10.1. The van der Waals surface area contributed by atoms with Crippen molar-refractivity contribution in [3.63, 3.8) is 0 Å². The Morgan fingerprint density at radius 3 is 2.52 bits per heavy atom. The van der Waals surface area contributed by atoms with Gasteiger partial charge in [0.25, 0.3) is 0 Å². The van der Waals surface area contributed by atoms with Crippen LogP contribution in [0.2, 0.25) is 5.02 Å². The quantitative estimate of drug-likeness (QED) is 0.774. The van der Waals surface area contributed by atoms with Crippen LogP contribution in [0.25, 0.3) is 0 Å². The minimum atomic E-state index is -0.572. The van der Waals surface area contributed by atoms with Crippen LogP contribution in [0.15, 0.2) is 42.5 Å². The molecule has 23 heavy (non-hydrogen) atoms. The lowest BCUT2D eigenvalue weighted by Crippen LogP contribution is -2.21. The van der Waals surface area contributed by atoms with Gasteiger partial charge in [0.15, 0.2) is 11.5 Å². The van der Waals surface area contributed by atoms with E-state index in [9.17, 15) is 5.11 Å². The summed E-state index contributed by atoms with van der Waals surface area (Å²) in [6.07, 6.45) is -0.572. The van der Waals surface area contributed by atoms with Crippen molar-refractivity contribution in [1.29, 1.82) is 0 Å². The molecule has 124 valence electrons. The van der Waals surface area contributed by atoms with Crippen LogP contribution in [0.3, 0.4) is 0 Å². The van der Waals surface area contributed by atoms with Gasteiger partial charge < -0.3 is 19.9 Å². The molecule has 2 aromatic carbocycles. The molecule has 0 amide bonds. The number of benzene rings is 2. The maximum Gasteiger partial charge on any atom is 0.161 e. The van der Waals surface area contributed by atoms with E-state index in [-0.39, 0.29) is 0 Å². The van der Waals surface area contributed by atoms with Crippen molar-refractivity contribution in [1.82, 2.24) is 5.32 Å². The van der Waals surface area contributed by atoms with Crippen LogP contribution < -0.4 is 14.8 Å².